The van der Waals surface area contributed by atoms with Gasteiger partial charge in [-0.2, -0.15) is 13.2 Å². The highest BCUT2D eigenvalue weighted by atomic mass is 19.4. The normalized spacial score (nSPS) is 23.5. The minimum atomic E-state index is -4.52. The van der Waals surface area contributed by atoms with Crippen LogP contribution in [0.3, 0.4) is 0 Å². The van der Waals surface area contributed by atoms with Crippen molar-refractivity contribution in [3.05, 3.63) is 29.8 Å². The molecule has 1 aliphatic heterocycles. The van der Waals surface area contributed by atoms with E-state index < -0.39 is 17.8 Å². The van der Waals surface area contributed by atoms with Gasteiger partial charge in [-0.15, -0.1) is 0 Å². The molecule has 2 N–H and O–H groups in total. The predicted molar refractivity (Wildman–Crippen MR) is 79.9 cm³/mol. The van der Waals surface area contributed by atoms with E-state index in [4.69, 9.17) is 10.5 Å². The predicted octanol–water partition coefficient (Wildman–Crippen LogP) is 2.81. The summed E-state index contributed by atoms with van der Waals surface area (Å²) in [4.78, 5) is 14.1. The third kappa shape index (κ3) is 4.16. The number of ether oxygens (including phenoxy) is 1. The molecule has 4 nitrogen and oxygen atoms in total. The van der Waals surface area contributed by atoms with Crippen molar-refractivity contribution in [2.75, 3.05) is 6.54 Å². The average Bonchev–Trinajstić information content (AvgIpc) is 2.46. The number of amides is 1. The smallest absolute Gasteiger partial charge is 0.419 e. The molecule has 1 saturated heterocycles. The van der Waals surface area contributed by atoms with Gasteiger partial charge in [0.05, 0.1) is 5.56 Å². The van der Waals surface area contributed by atoms with Crippen LogP contribution >= 0.6 is 0 Å². The number of likely N-dealkylation sites (tertiary alicyclic amines) is 1. The van der Waals surface area contributed by atoms with Gasteiger partial charge in [-0.1, -0.05) is 12.1 Å². The highest BCUT2D eigenvalue weighted by molar-refractivity contribution is 5.81. The molecular formula is C16H21F3N2O2. The van der Waals surface area contributed by atoms with Crippen LogP contribution in [0.2, 0.25) is 0 Å². The Morgan fingerprint density at radius 3 is 2.65 bits per heavy atom. The number of hydrogen-bond acceptors (Lipinski definition) is 3. The lowest BCUT2D eigenvalue weighted by Gasteiger charge is -2.37. The summed E-state index contributed by atoms with van der Waals surface area (Å²) in [6.45, 7) is 3.85. The maximum absolute atomic E-state index is 13.0. The van der Waals surface area contributed by atoms with Crippen LogP contribution in [0.15, 0.2) is 24.3 Å². The van der Waals surface area contributed by atoms with E-state index in [-0.39, 0.29) is 23.7 Å². The van der Waals surface area contributed by atoms with Crippen LogP contribution in [-0.2, 0) is 11.0 Å². The van der Waals surface area contributed by atoms with Gasteiger partial charge in [0.2, 0.25) is 0 Å². The topological polar surface area (TPSA) is 55.6 Å². The number of carbonyl (C=O) groups is 1. The summed E-state index contributed by atoms with van der Waals surface area (Å²) in [6, 6.07) is 4.91. The van der Waals surface area contributed by atoms with Gasteiger partial charge in [-0.3, -0.25) is 4.79 Å². The first-order chi connectivity index (χ1) is 10.7. The molecule has 0 bridgehead atoms. The van der Waals surface area contributed by atoms with Crippen molar-refractivity contribution in [1.82, 2.24) is 4.90 Å². The number of alkyl halides is 3. The van der Waals surface area contributed by atoms with E-state index in [0.717, 1.165) is 6.07 Å². The number of benzene rings is 1. The molecule has 0 aromatic heterocycles. The Labute approximate surface area is 133 Å². The van der Waals surface area contributed by atoms with Gasteiger partial charge in [0.1, 0.15) is 5.75 Å². The maximum Gasteiger partial charge on any atom is 0.419 e. The Kier molecular flexibility index (Phi) is 5.19. The zero-order valence-corrected chi connectivity index (χ0v) is 13.1. The summed E-state index contributed by atoms with van der Waals surface area (Å²) in [5.74, 6) is -0.649. The molecule has 1 heterocycles. The molecule has 2 rings (SSSR count). The number of nitrogens with two attached hydrogens (primary N) is 1. The summed E-state index contributed by atoms with van der Waals surface area (Å²) in [7, 11) is 0. The molecule has 0 saturated carbocycles. The standard InChI is InChI=1S/C16H21F3N2O2/c1-10-9-12(20)7-8-21(10)15(22)11(2)23-14-6-4-3-5-13(14)16(17,18)19/h3-6,10-12H,7-9,20H2,1-2H3/t10-,11+,12+/m1/s1. The quantitative estimate of drug-likeness (QED) is 0.927. The number of para-hydroxylation sites is 1. The van der Waals surface area contributed by atoms with Gasteiger partial charge in [0.15, 0.2) is 6.10 Å². The van der Waals surface area contributed by atoms with Crippen LogP contribution in [0.1, 0.15) is 32.3 Å². The summed E-state index contributed by atoms with van der Waals surface area (Å²) >= 11 is 0. The molecular weight excluding hydrogens is 309 g/mol. The zero-order chi connectivity index (χ0) is 17.2. The summed E-state index contributed by atoms with van der Waals surface area (Å²) < 4.78 is 44.2. The largest absolute Gasteiger partial charge is 0.480 e. The molecule has 1 aromatic carbocycles. The van der Waals surface area contributed by atoms with Crippen LogP contribution < -0.4 is 10.5 Å². The van der Waals surface area contributed by atoms with Crippen LogP contribution in [0.4, 0.5) is 13.2 Å². The van der Waals surface area contributed by atoms with E-state index in [2.05, 4.69) is 0 Å². The zero-order valence-electron chi connectivity index (χ0n) is 13.1. The van der Waals surface area contributed by atoms with Crippen LogP contribution in [0.5, 0.6) is 5.75 Å². The van der Waals surface area contributed by atoms with Gasteiger partial charge >= 0.3 is 6.18 Å². The third-order valence-electron chi connectivity index (χ3n) is 4.04. The fraction of sp³-hybridized carbons (Fsp3) is 0.562. The molecule has 3 atom stereocenters. The fourth-order valence-electron chi connectivity index (χ4n) is 2.81. The molecule has 1 aromatic rings. The molecule has 1 fully saturated rings. The fourth-order valence-corrected chi connectivity index (χ4v) is 2.81. The molecule has 7 heteroatoms. The van der Waals surface area contributed by atoms with Crippen molar-refractivity contribution in [3.63, 3.8) is 0 Å². The van der Waals surface area contributed by atoms with Crippen molar-refractivity contribution >= 4 is 5.91 Å². The van der Waals surface area contributed by atoms with Crippen molar-refractivity contribution in [2.24, 2.45) is 5.73 Å². The number of nitrogens with zero attached hydrogens (tertiary/aromatic N) is 1. The Balaban J connectivity index is 2.10. The summed E-state index contributed by atoms with van der Waals surface area (Å²) in [5, 5.41) is 0. The van der Waals surface area contributed by atoms with E-state index in [0.29, 0.717) is 19.4 Å². The molecule has 0 spiro atoms. The van der Waals surface area contributed by atoms with Crippen molar-refractivity contribution in [2.45, 2.75) is 51.1 Å². The van der Waals surface area contributed by atoms with Crippen LogP contribution in [0, 0.1) is 0 Å². The monoisotopic (exact) mass is 330 g/mol. The van der Waals surface area contributed by atoms with Crippen molar-refractivity contribution in [1.29, 1.82) is 0 Å². The highest BCUT2D eigenvalue weighted by Crippen LogP contribution is 2.36. The number of rotatable bonds is 3. The number of hydrogen-bond donors (Lipinski definition) is 1. The molecule has 1 aliphatic rings. The molecule has 0 unspecified atom stereocenters. The maximum atomic E-state index is 13.0. The van der Waals surface area contributed by atoms with Gasteiger partial charge in [0, 0.05) is 18.6 Å². The van der Waals surface area contributed by atoms with E-state index >= 15 is 0 Å². The molecule has 128 valence electrons. The number of halogens is 3. The SMILES string of the molecule is C[C@H](Oc1ccccc1C(F)(F)F)C(=O)N1CC[C@H](N)C[C@H]1C. The van der Waals surface area contributed by atoms with Gasteiger partial charge in [-0.05, 0) is 38.8 Å². The van der Waals surface area contributed by atoms with E-state index in [1.165, 1.54) is 25.1 Å². The van der Waals surface area contributed by atoms with Crippen LogP contribution in [0.25, 0.3) is 0 Å². The van der Waals surface area contributed by atoms with E-state index in [9.17, 15) is 18.0 Å². The Hall–Kier alpha value is -1.76. The molecule has 0 aliphatic carbocycles. The summed E-state index contributed by atoms with van der Waals surface area (Å²) in [5.41, 5.74) is 4.98. The average molecular weight is 330 g/mol. The lowest BCUT2D eigenvalue weighted by molar-refractivity contribution is -0.145. The molecule has 23 heavy (non-hydrogen) atoms. The van der Waals surface area contributed by atoms with Gasteiger partial charge in [-0.25, -0.2) is 0 Å². The first-order valence-corrected chi connectivity index (χ1v) is 7.59. The molecule has 0 radical (unpaired) electrons. The van der Waals surface area contributed by atoms with E-state index in [1.807, 2.05) is 6.92 Å². The highest BCUT2D eigenvalue weighted by Gasteiger charge is 2.36. The minimum Gasteiger partial charge on any atom is -0.480 e. The van der Waals surface area contributed by atoms with Crippen molar-refractivity contribution in [3.8, 4) is 5.75 Å². The lowest BCUT2D eigenvalue weighted by Crippen LogP contribution is -2.52. The van der Waals surface area contributed by atoms with E-state index in [1.54, 1.807) is 4.90 Å². The molecule has 1 amide bonds. The first-order valence-electron chi connectivity index (χ1n) is 7.59. The second-order valence-corrected chi connectivity index (χ2v) is 5.92. The Bertz CT molecular complexity index is 563. The first kappa shape index (κ1) is 17.6. The lowest BCUT2D eigenvalue weighted by atomic mass is 9.98. The second kappa shape index (κ2) is 6.78. The van der Waals surface area contributed by atoms with Crippen LogP contribution in [-0.4, -0.2) is 35.5 Å². The Morgan fingerprint density at radius 2 is 2.04 bits per heavy atom. The van der Waals surface area contributed by atoms with Gasteiger partial charge < -0.3 is 15.4 Å². The third-order valence-corrected chi connectivity index (χ3v) is 4.04. The Morgan fingerprint density at radius 1 is 1.39 bits per heavy atom. The number of piperidine rings is 1. The minimum absolute atomic E-state index is 0.0461. The second-order valence-electron chi connectivity index (χ2n) is 5.92. The number of carbonyl (C=O) groups excluding carboxylic acids is 1. The van der Waals surface area contributed by atoms with Crippen molar-refractivity contribution < 1.29 is 22.7 Å². The van der Waals surface area contributed by atoms with Gasteiger partial charge in [0.25, 0.3) is 5.91 Å². The summed E-state index contributed by atoms with van der Waals surface area (Å²) in [6.07, 6.45) is -4.15.